The molecule has 11 nitrogen and oxygen atoms in total. The molecule has 0 radical (unpaired) electrons. The van der Waals surface area contributed by atoms with Crippen LogP contribution in [0.25, 0.3) is 0 Å². The van der Waals surface area contributed by atoms with E-state index < -0.39 is 35.3 Å². The van der Waals surface area contributed by atoms with E-state index in [9.17, 15) is 24.0 Å². The first-order valence-electron chi connectivity index (χ1n) is 13.3. The predicted octanol–water partition coefficient (Wildman–Crippen LogP) is 2.22. The summed E-state index contributed by atoms with van der Waals surface area (Å²) in [6.07, 6.45) is 3.02. The number of rotatable bonds is 8. The van der Waals surface area contributed by atoms with Gasteiger partial charge in [-0.2, -0.15) is 0 Å². The maximum Gasteiger partial charge on any atom is 0.410 e. The van der Waals surface area contributed by atoms with Crippen molar-refractivity contribution in [3.8, 4) is 0 Å². The molecule has 3 aliphatic heterocycles. The fraction of sp³-hybridized carbons (Fsp3) is 0.593. The molecule has 0 aliphatic carbocycles. The lowest BCUT2D eigenvalue weighted by Gasteiger charge is -2.35. The van der Waals surface area contributed by atoms with Crippen molar-refractivity contribution in [3.63, 3.8) is 0 Å². The summed E-state index contributed by atoms with van der Waals surface area (Å²) in [7, 11) is 0. The van der Waals surface area contributed by atoms with Crippen LogP contribution in [0.4, 0.5) is 10.5 Å². The maximum atomic E-state index is 12.9. The van der Waals surface area contributed by atoms with Gasteiger partial charge in [0.1, 0.15) is 11.6 Å². The Balaban J connectivity index is 1.16. The van der Waals surface area contributed by atoms with Gasteiger partial charge < -0.3 is 15.0 Å². The number of anilines is 1. The van der Waals surface area contributed by atoms with Crippen molar-refractivity contribution in [2.75, 3.05) is 44.6 Å². The summed E-state index contributed by atoms with van der Waals surface area (Å²) >= 11 is 0. The minimum absolute atomic E-state index is 0.0961. The molecule has 0 spiro atoms. The van der Waals surface area contributed by atoms with Crippen LogP contribution >= 0.6 is 0 Å². The highest BCUT2D eigenvalue weighted by Gasteiger charge is 2.44. The average Bonchev–Trinajstić information content (AvgIpc) is 3.10. The standard InChI is InChI=1S/C27H37N5O6/c1-27(2,3)38-26(37)31-15-13-30(14-16-31)12-6-4-5-11-28-18-7-8-19-20(17-18)25(36)32(24(19)35)21-9-10-22(33)29-23(21)34/h7-8,17,21,28H,4-6,9-16H2,1-3H3,(H,29,33,34). The molecule has 3 heterocycles. The predicted molar refractivity (Wildman–Crippen MR) is 140 cm³/mol. The van der Waals surface area contributed by atoms with Crippen molar-refractivity contribution in [2.24, 2.45) is 0 Å². The fourth-order valence-electron chi connectivity index (χ4n) is 4.93. The lowest BCUT2D eigenvalue weighted by atomic mass is 10.0. The number of nitrogens with one attached hydrogen (secondary N) is 2. The molecule has 1 unspecified atom stereocenters. The monoisotopic (exact) mass is 527 g/mol. The van der Waals surface area contributed by atoms with E-state index in [2.05, 4.69) is 15.5 Å². The Morgan fingerprint density at radius 3 is 2.39 bits per heavy atom. The molecule has 2 fully saturated rings. The summed E-state index contributed by atoms with van der Waals surface area (Å²) < 4.78 is 5.45. The van der Waals surface area contributed by atoms with Gasteiger partial charge in [0.2, 0.25) is 11.8 Å². The molecule has 5 amide bonds. The first-order valence-corrected chi connectivity index (χ1v) is 13.3. The van der Waals surface area contributed by atoms with E-state index in [0.717, 1.165) is 56.0 Å². The van der Waals surface area contributed by atoms with Crippen LogP contribution in [-0.4, -0.2) is 95.3 Å². The largest absolute Gasteiger partial charge is 0.444 e. The van der Waals surface area contributed by atoms with E-state index in [4.69, 9.17) is 4.74 Å². The van der Waals surface area contributed by atoms with Gasteiger partial charge >= 0.3 is 6.09 Å². The number of carbonyl (C=O) groups is 5. The van der Waals surface area contributed by atoms with Crippen LogP contribution in [-0.2, 0) is 14.3 Å². The van der Waals surface area contributed by atoms with E-state index in [1.807, 2.05) is 20.8 Å². The highest BCUT2D eigenvalue weighted by atomic mass is 16.6. The second kappa shape index (κ2) is 11.5. The molecule has 0 saturated carbocycles. The summed E-state index contributed by atoms with van der Waals surface area (Å²) in [5, 5.41) is 5.52. The first kappa shape index (κ1) is 27.6. The molecule has 0 bridgehead atoms. The van der Waals surface area contributed by atoms with Crippen LogP contribution in [0.2, 0.25) is 0 Å². The lowest BCUT2D eigenvalue weighted by molar-refractivity contribution is -0.136. The van der Waals surface area contributed by atoms with Gasteiger partial charge in [-0.05, 0) is 64.8 Å². The third kappa shape index (κ3) is 6.50. The Morgan fingerprint density at radius 1 is 1.00 bits per heavy atom. The van der Waals surface area contributed by atoms with Gasteiger partial charge in [-0.3, -0.25) is 34.3 Å². The van der Waals surface area contributed by atoms with Gasteiger partial charge in [-0.25, -0.2) is 4.79 Å². The van der Waals surface area contributed by atoms with Crippen LogP contribution in [0.5, 0.6) is 0 Å². The number of hydrogen-bond acceptors (Lipinski definition) is 8. The Labute approximate surface area is 222 Å². The number of hydrogen-bond donors (Lipinski definition) is 2. The number of carbonyl (C=O) groups excluding carboxylic acids is 5. The summed E-state index contributed by atoms with van der Waals surface area (Å²) in [6, 6.07) is 4.07. The number of ether oxygens (including phenoxy) is 1. The molecule has 206 valence electrons. The zero-order valence-corrected chi connectivity index (χ0v) is 22.4. The second-order valence-corrected chi connectivity index (χ2v) is 11.0. The smallest absolute Gasteiger partial charge is 0.410 e. The SMILES string of the molecule is CC(C)(C)OC(=O)N1CCN(CCCCCNc2ccc3c(c2)C(=O)N(C2CCC(=O)NC2=O)C3=O)CC1. The van der Waals surface area contributed by atoms with Crippen LogP contribution in [0, 0.1) is 0 Å². The molecule has 0 aromatic heterocycles. The molecular formula is C27H37N5O6. The van der Waals surface area contributed by atoms with Crippen LogP contribution in [0.1, 0.15) is 73.6 Å². The Bertz CT molecular complexity index is 1110. The molecule has 2 saturated heterocycles. The fourth-order valence-corrected chi connectivity index (χ4v) is 4.93. The average molecular weight is 528 g/mol. The quantitative estimate of drug-likeness (QED) is 0.389. The molecule has 11 heteroatoms. The highest BCUT2D eigenvalue weighted by Crippen LogP contribution is 2.29. The van der Waals surface area contributed by atoms with Crippen LogP contribution < -0.4 is 10.6 Å². The number of benzene rings is 1. The van der Waals surface area contributed by atoms with E-state index in [-0.39, 0.29) is 30.1 Å². The zero-order chi connectivity index (χ0) is 27.4. The van der Waals surface area contributed by atoms with Gasteiger partial charge in [0.05, 0.1) is 11.1 Å². The Hall–Kier alpha value is -3.47. The number of nitrogens with zero attached hydrogens (tertiary/aromatic N) is 3. The van der Waals surface area contributed by atoms with Crippen LogP contribution in [0.3, 0.4) is 0 Å². The molecule has 1 aromatic rings. The van der Waals surface area contributed by atoms with Crippen molar-refractivity contribution in [1.29, 1.82) is 0 Å². The van der Waals surface area contributed by atoms with E-state index in [1.165, 1.54) is 0 Å². The summed E-state index contributed by atoms with van der Waals surface area (Å²) in [5.74, 6) is -2.01. The molecule has 4 rings (SSSR count). The van der Waals surface area contributed by atoms with E-state index >= 15 is 0 Å². The Kier molecular flexibility index (Phi) is 8.35. The molecule has 2 N–H and O–H groups in total. The van der Waals surface area contributed by atoms with Gasteiger partial charge in [-0.1, -0.05) is 6.42 Å². The minimum atomic E-state index is -0.961. The van der Waals surface area contributed by atoms with Crippen molar-refractivity contribution in [3.05, 3.63) is 29.3 Å². The van der Waals surface area contributed by atoms with Crippen molar-refractivity contribution in [2.45, 2.75) is 64.5 Å². The van der Waals surface area contributed by atoms with E-state index in [0.29, 0.717) is 13.1 Å². The third-order valence-corrected chi connectivity index (χ3v) is 6.94. The van der Waals surface area contributed by atoms with Crippen LogP contribution in [0.15, 0.2) is 18.2 Å². The van der Waals surface area contributed by atoms with Crippen molar-refractivity contribution >= 4 is 35.4 Å². The molecule has 3 aliphatic rings. The number of amides is 5. The molecular weight excluding hydrogens is 490 g/mol. The minimum Gasteiger partial charge on any atom is -0.444 e. The maximum absolute atomic E-state index is 12.9. The highest BCUT2D eigenvalue weighted by molar-refractivity contribution is 6.23. The summed E-state index contributed by atoms with van der Waals surface area (Å²) in [6.45, 7) is 10.4. The van der Waals surface area contributed by atoms with Crippen molar-refractivity contribution in [1.82, 2.24) is 20.0 Å². The zero-order valence-electron chi connectivity index (χ0n) is 22.4. The normalized spacial score (nSPS) is 20.4. The Morgan fingerprint density at radius 2 is 1.71 bits per heavy atom. The number of unbranched alkanes of at least 4 members (excludes halogenated alkanes) is 2. The number of piperazine rings is 1. The lowest BCUT2D eigenvalue weighted by Crippen LogP contribution is -2.54. The topological polar surface area (TPSA) is 128 Å². The first-order chi connectivity index (χ1) is 18.0. The molecule has 1 aromatic carbocycles. The number of imide groups is 2. The van der Waals surface area contributed by atoms with E-state index in [1.54, 1.807) is 23.1 Å². The second-order valence-electron chi connectivity index (χ2n) is 11.0. The number of piperidine rings is 1. The third-order valence-electron chi connectivity index (χ3n) is 6.94. The van der Waals surface area contributed by atoms with Crippen molar-refractivity contribution < 1.29 is 28.7 Å². The molecule has 1 atom stereocenters. The van der Waals surface area contributed by atoms with Gasteiger partial charge in [0.25, 0.3) is 11.8 Å². The summed E-state index contributed by atoms with van der Waals surface area (Å²) in [4.78, 5) is 66.7. The number of fused-ring (bicyclic) bond motifs is 1. The molecule has 38 heavy (non-hydrogen) atoms. The summed E-state index contributed by atoms with van der Waals surface area (Å²) in [5.41, 5.74) is 0.811. The van der Waals surface area contributed by atoms with Gasteiger partial charge in [-0.15, -0.1) is 0 Å². The van der Waals surface area contributed by atoms with Gasteiger partial charge in [0.15, 0.2) is 0 Å². The van der Waals surface area contributed by atoms with Gasteiger partial charge in [0, 0.05) is 44.8 Å².